The van der Waals surface area contributed by atoms with Gasteiger partial charge in [-0.2, -0.15) is 0 Å². The van der Waals surface area contributed by atoms with Crippen LogP contribution in [0.25, 0.3) is 0 Å². The van der Waals surface area contributed by atoms with Gasteiger partial charge < -0.3 is 15.0 Å². The molecule has 1 atom stereocenters. The summed E-state index contributed by atoms with van der Waals surface area (Å²) in [6.07, 6.45) is 1.74. The van der Waals surface area contributed by atoms with Crippen molar-refractivity contribution >= 4 is 34.8 Å². The van der Waals surface area contributed by atoms with E-state index in [0.717, 1.165) is 24.2 Å². The number of amides is 2. The molecule has 158 valence electrons. The summed E-state index contributed by atoms with van der Waals surface area (Å²) in [7, 11) is 1.73. The van der Waals surface area contributed by atoms with Crippen LogP contribution in [0.2, 0.25) is 0 Å². The zero-order valence-electron chi connectivity index (χ0n) is 17.3. The van der Waals surface area contributed by atoms with E-state index in [1.165, 1.54) is 4.90 Å². The van der Waals surface area contributed by atoms with Crippen molar-refractivity contribution in [3.63, 3.8) is 0 Å². The quantitative estimate of drug-likeness (QED) is 0.518. The Labute approximate surface area is 182 Å². The summed E-state index contributed by atoms with van der Waals surface area (Å²) in [6.45, 7) is 3.21. The molecule has 2 aromatic rings. The number of rotatable bonds is 8. The number of nitrogens with zero attached hydrogens (tertiary/aromatic N) is 2. The molecule has 0 aromatic heterocycles. The third-order valence-electron chi connectivity index (χ3n) is 5.03. The third-order valence-corrected chi connectivity index (χ3v) is 5.46. The lowest BCUT2D eigenvalue weighted by molar-refractivity contribution is -0.122. The predicted octanol–water partition coefficient (Wildman–Crippen LogP) is 3.16. The minimum Gasteiger partial charge on any atom is -0.494 e. The van der Waals surface area contributed by atoms with Gasteiger partial charge in [-0.15, -0.1) is 0 Å². The third kappa shape index (κ3) is 4.97. The molecule has 2 amide bonds. The Morgan fingerprint density at radius 3 is 2.50 bits per heavy atom. The monoisotopic (exact) mass is 425 g/mol. The Morgan fingerprint density at radius 2 is 1.87 bits per heavy atom. The van der Waals surface area contributed by atoms with Crippen molar-refractivity contribution in [3.05, 3.63) is 60.2 Å². The average Bonchev–Trinajstić information content (AvgIpc) is 3.07. The lowest BCUT2D eigenvalue weighted by Crippen LogP contribution is -2.49. The highest BCUT2D eigenvalue weighted by Gasteiger charge is 2.43. The highest BCUT2D eigenvalue weighted by molar-refractivity contribution is 7.80. The fraction of sp³-hybridized carbons (Fsp3) is 0.348. The Morgan fingerprint density at radius 1 is 1.17 bits per heavy atom. The standard InChI is InChI=1S/C23H27N3O3S/c1-3-15-29-19-11-9-18(10-12-19)26-21(27)16-20(22(26)28)25(23(30)24-2)14-13-17-7-5-4-6-8-17/h4-12,20H,3,13-16H2,1-2H3,(H,24,30)/t20-/m0/s1. The van der Waals surface area contributed by atoms with Crippen LogP contribution in [0.4, 0.5) is 5.69 Å². The van der Waals surface area contributed by atoms with Crippen LogP contribution in [0.15, 0.2) is 54.6 Å². The van der Waals surface area contributed by atoms with Crippen molar-refractivity contribution in [2.24, 2.45) is 0 Å². The largest absolute Gasteiger partial charge is 0.494 e. The van der Waals surface area contributed by atoms with Crippen molar-refractivity contribution in [3.8, 4) is 5.75 Å². The maximum Gasteiger partial charge on any atom is 0.257 e. The number of hydrogen-bond donors (Lipinski definition) is 1. The summed E-state index contributed by atoms with van der Waals surface area (Å²) in [5.74, 6) is 0.237. The lowest BCUT2D eigenvalue weighted by Gasteiger charge is -2.29. The first-order valence-corrected chi connectivity index (χ1v) is 10.6. The maximum absolute atomic E-state index is 13.2. The van der Waals surface area contributed by atoms with Crippen LogP contribution in [0, 0.1) is 0 Å². The molecule has 0 bridgehead atoms. The number of benzene rings is 2. The minimum absolute atomic E-state index is 0.101. The van der Waals surface area contributed by atoms with Crippen molar-refractivity contribution in [2.45, 2.75) is 32.2 Å². The zero-order valence-corrected chi connectivity index (χ0v) is 18.2. The van der Waals surface area contributed by atoms with E-state index in [-0.39, 0.29) is 18.2 Å². The van der Waals surface area contributed by atoms with Crippen molar-refractivity contribution in [2.75, 3.05) is 25.1 Å². The number of anilines is 1. The number of ether oxygens (including phenoxy) is 1. The highest BCUT2D eigenvalue weighted by Crippen LogP contribution is 2.27. The molecule has 2 aromatic carbocycles. The van der Waals surface area contributed by atoms with Gasteiger partial charge in [-0.3, -0.25) is 9.59 Å². The van der Waals surface area contributed by atoms with E-state index in [9.17, 15) is 9.59 Å². The van der Waals surface area contributed by atoms with Gasteiger partial charge in [-0.25, -0.2) is 4.90 Å². The molecule has 30 heavy (non-hydrogen) atoms. The van der Waals surface area contributed by atoms with Crippen LogP contribution >= 0.6 is 12.2 Å². The molecule has 0 saturated carbocycles. The van der Waals surface area contributed by atoms with Gasteiger partial charge in [0.25, 0.3) is 5.91 Å². The molecule has 1 N–H and O–H groups in total. The SMILES string of the molecule is CCCOc1ccc(N2C(=O)C[C@H](N(CCc3ccccc3)C(=S)NC)C2=O)cc1. The van der Waals surface area contributed by atoms with Crippen LogP contribution < -0.4 is 15.0 Å². The van der Waals surface area contributed by atoms with Crippen LogP contribution in [0.5, 0.6) is 5.75 Å². The number of carbonyl (C=O) groups excluding carboxylic acids is 2. The van der Waals surface area contributed by atoms with Gasteiger partial charge in [0.05, 0.1) is 18.7 Å². The summed E-state index contributed by atoms with van der Waals surface area (Å²) in [4.78, 5) is 29.0. The molecule has 0 spiro atoms. The molecule has 0 unspecified atom stereocenters. The van der Waals surface area contributed by atoms with Gasteiger partial charge in [-0.05, 0) is 54.9 Å². The number of carbonyl (C=O) groups is 2. The summed E-state index contributed by atoms with van der Waals surface area (Å²) >= 11 is 5.45. The Bertz CT molecular complexity index is 886. The van der Waals surface area contributed by atoms with Gasteiger partial charge in [0.2, 0.25) is 5.91 Å². The molecule has 6 nitrogen and oxygen atoms in total. The summed E-state index contributed by atoms with van der Waals surface area (Å²) in [5, 5.41) is 3.41. The molecule has 0 radical (unpaired) electrons. The van der Waals surface area contributed by atoms with E-state index < -0.39 is 6.04 Å². The van der Waals surface area contributed by atoms with Crippen LogP contribution in [0.1, 0.15) is 25.3 Å². The normalized spacial score (nSPS) is 15.9. The topological polar surface area (TPSA) is 61.9 Å². The first kappa shape index (κ1) is 21.8. The summed E-state index contributed by atoms with van der Waals surface area (Å²) in [5.41, 5.74) is 1.70. The zero-order chi connectivity index (χ0) is 21.5. The lowest BCUT2D eigenvalue weighted by atomic mass is 10.1. The molecular weight excluding hydrogens is 398 g/mol. The number of nitrogens with one attached hydrogen (secondary N) is 1. The van der Waals surface area contributed by atoms with E-state index >= 15 is 0 Å². The van der Waals surface area contributed by atoms with Gasteiger partial charge in [0.1, 0.15) is 11.8 Å². The first-order valence-electron chi connectivity index (χ1n) is 10.2. The van der Waals surface area contributed by atoms with Gasteiger partial charge >= 0.3 is 0 Å². The van der Waals surface area contributed by atoms with Crippen LogP contribution in [-0.2, 0) is 16.0 Å². The molecule has 1 fully saturated rings. The fourth-order valence-electron chi connectivity index (χ4n) is 3.48. The molecule has 3 rings (SSSR count). The van der Waals surface area contributed by atoms with Crippen molar-refractivity contribution in [1.29, 1.82) is 0 Å². The second-order valence-electron chi connectivity index (χ2n) is 7.11. The van der Waals surface area contributed by atoms with E-state index in [4.69, 9.17) is 17.0 Å². The molecule has 1 aliphatic rings. The van der Waals surface area contributed by atoms with Crippen LogP contribution in [0.3, 0.4) is 0 Å². The first-order chi connectivity index (χ1) is 14.5. The van der Waals surface area contributed by atoms with Crippen molar-refractivity contribution < 1.29 is 14.3 Å². The fourth-order valence-corrected chi connectivity index (χ4v) is 3.70. The molecule has 1 aliphatic heterocycles. The second kappa shape index (κ2) is 10.2. The Hall–Kier alpha value is -2.93. The second-order valence-corrected chi connectivity index (χ2v) is 7.50. The Kier molecular flexibility index (Phi) is 7.41. The Balaban J connectivity index is 1.75. The molecule has 7 heteroatoms. The highest BCUT2D eigenvalue weighted by atomic mass is 32.1. The molecule has 1 saturated heterocycles. The maximum atomic E-state index is 13.2. The van der Waals surface area contributed by atoms with Crippen LogP contribution in [-0.4, -0.2) is 48.1 Å². The van der Waals surface area contributed by atoms with Gasteiger partial charge in [-0.1, -0.05) is 37.3 Å². The molecule has 0 aliphatic carbocycles. The van der Waals surface area contributed by atoms with Gasteiger partial charge in [0.15, 0.2) is 5.11 Å². The summed E-state index contributed by atoms with van der Waals surface area (Å²) < 4.78 is 5.58. The number of hydrogen-bond acceptors (Lipinski definition) is 4. The van der Waals surface area contributed by atoms with E-state index in [0.29, 0.717) is 24.0 Å². The predicted molar refractivity (Wildman–Crippen MR) is 122 cm³/mol. The van der Waals surface area contributed by atoms with Crippen molar-refractivity contribution in [1.82, 2.24) is 10.2 Å². The average molecular weight is 426 g/mol. The number of imide groups is 1. The smallest absolute Gasteiger partial charge is 0.257 e. The molecule has 1 heterocycles. The van der Waals surface area contributed by atoms with E-state index in [1.54, 1.807) is 31.3 Å². The summed E-state index contributed by atoms with van der Waals surface area (Å²) in [6, 6.07) is 16.4. The minimum atomic E-state index is -0.614. The van der Waals surface area contributed by atoms with Gasteiger partial charge in [0, 0.05) is 13.6 Å². The number of thiocarbonyl (C=S) groups is 1. The van der Waals surface area contributed by atoms with E-state index in [1.807, 2.05) is 42.2 Å². The van der Waals surface area contributed by atoms with E-state index in [2.05, 4.69) is 5.32 Å². The molecular formula is C23H27N3O3S.